The van der Waals surface area contributed by atoms with Crippen molar-refractivity contribution in [3.05, 3.63) is 126 Å². The Morgan fingerprint density at radius 2 is 1.64 bits per heavy atom. The number of nitrogen functional groups attached to an aromatic ring is 1. The first kappa shape index (κ1) is 24.3. The number of imidazole rings is 1. The van der Waals surface area contributed by atoms with E-state index in [0.717, 1.165) is 27.9 Å². The minimum atomic E-state index is -0.115. The molecule has 3 aromatic carbocycles. The van der Waals surface area contributed by atoms with Gasteiger partial charge in [-0.2, -0.15) is 0 Å². The van der Waals surface area contributed by atoms with Gasteiger partial charge >= 0.3 is 0 Å². The van der Waals surface area contributed by atoms with Gasteiger partial charge < -0.3 is 11.1 Å². The summed E-state index contributed by atoms with van der Waals surface area (Å²) in [6.45, 7) is 0.407. The van der Waals surface area contributed by atoms with Crippen molar-refractivity contribution in [2.75, 3.05) is 5.73 Å². The number of amides is 1. The van der Waals surface area contributed by atoms with Crippen molar-refractivity contribution < 1.29 is 4.79 Å². The van der Waals surface area contributed by atoms with Crippen molar-refractivity contribution in [3.63, 3.8) is 0 Å². The third kappa shape index (κ3) is 4.95. The number of benzene rings is 3. The second-order valence-electron chi connectivity index (χ2n) is 9.00. The lowest BCUT2D eigenvalue weighted by Gasteiger charge is -2.11. The lowest BCUT2D eigenvalue weighted by atomic mass is 10.1. The molecule has 0 unspecified atom stereocenters. The molecule has 190 valence electrons. The van der Waals surface area contributed by atoms with Gasteiger partial charge in [-0.15, -0.1) is 0 Å². The van der Waals surface area contributed by atoms with Crippen LogP contribution in [-0.2, 0) is 6.54 Å². The average Bonchev–Trinajstić information content (AvgIpc) is 3.36. The van der Waals surface area contributed by atoms with Crippen LogP contribution in [0.3, 0.4) is 0 Å². The van der Waals surface area contributed by atoms with Crippen LogP contribution < -0.4 is 11.1 Å². The number of pyridine rings is 2. The number of anilines is 1. The SMILES string of the molecule is Nc1ncccc1-c1nc2cc(-c3ccc(Cl)cc3)cnc2n1-c1ccc(CNC(=O)c2ccccc2)cc1. The van der Waals surface area contributed by atoms with Gasteiger partial charge in [0.1, 0.15) is 11.3 Å². The van der Waals surface area contributed by atoms with Crippen LogP contribution in [0.4, 0.5) is 5.82 Å². The van der Waals surface area contributed by atoms with Gasteiger partial charge in [0.2, 0.25) is 0 Å². The van der Waals surface area contributed by atoms with Crippen LogP contribution in [0.1, 0.15) is 15.9 Å². The fourth-order valence-electron chi connectivity index (χ4n) is 4.43. The molecule has 1 amide bonds. The van der Waals surface area contributed by atoms with Gasteiger partial charge in [0.05, 0.1) is 5.56 Å². The third-order valence-electron chi connectivity index (χ3n) is 6.44. The Bertz CT molecular complexity index is 1780. The van der Waals surface area contributed by atoms with Crippen LogP contribution in [-0.4, -0.2) is 25.4 Å². The van der Waals surface area contributed by atoms with Crippen molar-refractivity contribution >= 4 is 34.5 Å². The molecule has 6 aromatic rings. The van der Waals surface area contributed by atoms with Gasteiger partial charge in [-0.25, -0.2) is 15.0 Å². The minimum absolute atomic E-state index is 0.115. The summed E-state index contributed by atoms with van der Waals surface area (Å²) in [6.07, 6.45) is 3.48. The van der Waals surface area contributed by atoms with Gasteiger partial charge in [0, 0.05) is 40.8 Å². The number of carbonyl (C=O) groups excluding carboxylic acids is 1. The number of aromatic nitrogens is 4. The predicted molar refractivity (Wildman–Crippen MR) is 155 cm³/mol. The number of hydrogen-bond donors (Lipinski definition) is 2. The van der Waals surface area contributed by atoms with Gasteiger partial charge in [-0.1, -0.05) is 54.1 Å². The number of carbonyl (C=O) groups is 1. The van der Waals surface area contributed by atoms with Crippen molar-refractivity contribution in [3.8, 4) is 28.2 Å². The van der Waals surface area contributed by atoms with Gasteiger partial charge in [-0.3, -0.25) is 9.36 Å². The van der Waals surface area contributed by atoms with Gasteiger partial charge in [0.25, 0.3) is 5.91 Å². The summed E-state index contributed by atoms with van der Waals surface area (Å²) in [5.41, 5.74) is 12.8. The standard InChI is InChI=1S/C31H23ClN6O/c32-24-12-10-21(11-13-24)23-17-27-30(35-19-23)38(29(37-27)26-7-4-16-34-28(26)33)25-14-8-20(9-15-25)18-36-31(39)22-5-2-1-3-6-22/h1-17,19H,18H2,(H2,33,34)(H,36,39). The highest BCUT2D eigenvalue weighted by molar-refractivity contribution is 6.30. The molecule has 0 radical (unpaired) electrons. The molecule has 0 saturated heterocycles. The Hall–Kier alpha value is -5.01. The highest BCUT2D eigenvalue weighted by atomic mass is 35.5. The lowest BCUT2D eigenvalue weighted by Crippen LogP contribution is -2.22. The first-order valence-corrected chi connectivity index (χ1v) is 12.7. The summed E-state index contributed by atoms with van der Waals surface area (Å²) >= 11 is 6.07. The molecule has 0 spiro atoms. The van der Waals surface area contributed by atoms with E-state index in [1.807, 2.05) is 95.7 Å². The van der Waals surface area contributed by atoms with E-state index in [-0.39, 0.29) is 5.91 Å². The first-order valence-electron chi connectivity index (χ1n) is 12.3. The van der Waals surface area contributed by atoms with Crippen LogP contribution in [0, 0.1) is 0 Å². The maximum Gasteiger partial charge on any atom is 0.251 e. The zero-order valence-electron chi connectivity index (χ0n) is 20.8. The normalized spacial score (nSPS) is 11.0. The van der Waals surface area contributed by atoms with Crippen LogP contribution in [0.25, 0.3) is 39.4 Å². The molecular formula is C31H23ClN6O. The smallest absolute Gasteiger partial charge is 0.251 e. The van der Waals surface area contributed by atoms with E-state index in [0.29, 0.717) is 40.0 Å². The molecule has 39 heavy (non-hydrogen) atoms. The number of hydrogen-bond acceptors (Lipinski definition) is 5. The highest BCUT2D eigenvalue weighted by Crippen LogP contribution is 2.32. The summed E-state index contributed by atoms with van der Waals surface area (Å²) in [7, 11) is 0. The largest absolute Gasteiger partial charge is 0.383 e. The van der Waals surface area contributed by atoms with Crippen LogP contribution in [0.15, 0.2) is 109 Å². The Morgan fingerprint density at radius 1 is 0.872 bits per heavy atom. The van der Waals surface area contributed by atoms with Crippen molar-refractivity contribution in [1.29, 1.82) is 0 Å². The van der Waals surface area contributed by atoms with Crippen LogP contribution in [0.5, 0.6) is 0 Å². The second kappa shape index (κ2) is 10.4. The molecule has 7 nitrogen and oxygen atoms in total. The van der Waals surface area contributed by atoms with E-state index in [1.165, 1.54) is 0 Å². The molecule has 0 saturated carbocycles. The van der Waals surface area contributed by atoms with E-state index in [2.05, 4.69) is 10.3 Å². The van der Waals surface area contributed by atoms with Crippen LogP contribution in [0.2, 0.25) is 5.02 Å². The number of nitrogens with two attached hydrogens (primary N) is 1. The Kier molecular flexibility index (Phi) is 6.49. The molecule has 0 atom stereocenters. The Balaban J connectivity index is 1.37. The molecule has 3 heterocycles. The van der Waals surface area contributed by atoms with E-state index >= 15 is 0 Å². The summed E-state index contributed by atoms with van der Waals surface area (Å²) < 4.78 is 1.97. The molecule has 0 fully saturated rings. The third-order valence-corrected chi connectivity index (χ3v) is 6.69. The average molecular weight is 531 g/mol. The Morgan fingerprint density at radius 3 is 2.38 bits per heavy atom. The summed E-state index contributed by atoms with van der Waals surface area (Å²) in [5.74, 6) is 0.907. The van der Waals surface area contributed by atoms with E-state index in [1.54, 1.807) is 18.3 Å². The second-order valence-corrected chi connectivity index (χ2v) is 9.43. The summed E-state index contributed by atoms with van der Waals surface area (Å²) in [4.78, 5) is 26.4. The van der Waals surface area contributed by atoms with Crippen molar-refractivity contribution in [2.24, 2.45) is 0 Å². The molecule has 8 heteroatoms. The van der Waals surface area contributed by atoms with E-state index in [9.17, 15) is 4.79 Å². The van der Waals surface area contributed by atoms with E-state index in [4.69, 9.17) is 27.3 Å². The first-order chi connectivity index (χ1) is 19.1. The zero-order chi connectivity index (χ0) is 26.8. The van der Waals surface area contributed by atoms with Crippen molar-refractivity contribution in [2.45, 2.75) is 6.54 Å². The number of nitrogens with one attached hydrogen (secondary N) is 1. The lowest BCUT2D eigenvalue weighted by molar-refractivity contribution is 0.0951. The molecule has 0 bridgehead atoms. The number of nitrogens with zero attached hydrogens (tertiary/aromatic N) is 4. The molecule has 0 aliphatic rings. The molecule has 3 aromatic heterocycles. The summed E-state index contributed by atoms with van der Waals surface area (Å²) in [5, 5.41) is 3.64. The van der Waals surface area contributed by atoms with Crippen LogP contribution >= 0.6 is 11.6 Å². The number of halogens is 1. The minimum Gasteiger partial charge on any atom is -0.383 e. The maximum atomic E-state index is 12.4. The maximum absolute atomic E-state index is 12.4. The Labute approximate surface area is 230 Å². The number of rotatable bonds is 6. The van der Waals surface area contributed by atoms with Gasteiger partial charge in [-0.05, 0) is 65.7 Å². The number of fused-ring (bicyclic) bond motifs is 1. The monoisotopic (exact) mass is 530 g/mol. The van der Waals surface area contributed by atoms with Gasteiger partial charge in [0.15, 0.2) is 11.5 Å². The topological polar surface area (TPSA) is 98.7 Å². The molecular weight excluding hydrogens is 508 g/mol. The summed E-state index contributed by atoms with van der Waals surface area (Å²) in [6, 6.07) is 30.4. The zero-order valence-corrected chi connectivity index (χ0v) is 21.5. The molecule has 3 N–H and O–H groups in total. The van der Waals surface area contributed by atoms with Crippen molar-refractivity contribution in [1.82, 2.24) is 24.8 Å². The quantitative estimate of drug-likeness (QED) is 0.263. The fraction of sp³-hybridized carbons (Fsp3) is 0.0323. The fourth-order valence-corrected chi connectivity index (χ4v) is 4.56. The molecule has 6 rings (SSSR count). The molecule has 0 aliphatic heterocycles. The van der Waals surface area contributed by atoms with E-state index < -0.39 is 0 Å². The highest BCUT2D eigenvalue weighted by Gasteiger charge is 2.18. The molecule has 0 aliphatic carbocycles. The predicted octanol–water partition coefficient (Wildman–Crippen LogP) is 6.32.